The quantitative estimate of drug-likeness (QED) is 0.803. The maximum absolute atomic E-state index is 12.3. The smallest absolute Gasteiger partial charge is 0.157 e. The van der Waals surface area contributed by atoms with Gasteiger partial charge in [-0.15, -0.1) is 0 Å². The number of hydrogen-bond donors (Lipinski definition) is 0. The largest absolute Gasteiger partial charge is 0.297 e. The number of carbonyl (C=O) groups excluding carboxylic acids is 1. The number of nitrogens with zero attached hydrogens (tertiary/aromatic N) is 1. The van der Waals surface area contributed by atoms with Gasteiger partial charge in [-0.2, -0.15) is 0 Å². The Hall–Kier alpha value is -0.860. The number of carbonyl (C=O) groups is 1. The molecule has 1 aromatic carbocycles. The lowest BCUT2D eigenvalue weighted by Crippen LogP contribution is -2.48. The van der Waals surface area contributed by atoms with Crippen LogP contribution >= 0.6 is 11.6 Å². The van der Waals surface area contributed by atoms with Crippen molar-refractivity contribution in [3.8, 4) is 0 Å². The molecule has 0 bridgehead atoms. The SMILES string of the molecule is CCC(C)(C(=O)Cc1ccc(Cl)cc1)N(C)C. The third-order valence-corrected chi connectivity index (χ3v) is 3.81. The highest BCUT2D eigenvalue weighted by Gasteiger charge is 2.32. The molecule has 17 heavy (non-hydrogen) atoms. The fraction of sp³-hybridized carbons (Fsp3) is 0.500. The molecule has 0 N–H and O–H groups in total. The zero-order chi connectivity index (χ0) is 13.1. The lowest BCUT2D eigenvalue weighted by Gasteiger charge is -2.34. The molecular formula is C14H20ClNO. The Kier molecular flexibility index (Phi) is 4.72. The minimum Gasteiger partial charge on any atom is -0.297 e. The van der Waals surface area contributed by atoms with Gasteiger partial charge in [0.2, 0.25) is 0 Å². The van der Waals surface area contributed by atoms with Crippen molar-refractivity contribution in [2.45, 2.75) is 32.2 Å². The zero-order valence-electron chi connectivity index (χ0n) is 11.0. The highest BCUT2D eigenvalue weighted by molar-refractivity contribution is 6.30. The molecule has 0 saturated heterocycles. The normalized spacial score (nSPS) is 14.7. The van der Waals surface area contributed by atoms with E-state index in [0.717, 1.165) is 12.0 Å². The molecule has 2 nitrogen and oxygen atoms in total. The molecule has 1 unspecified atom stereocenters. The average Bonchev–Trinajstić information content (AvgIpc) is 2.30. The highest BCUT2D eigenvalue weighted by atomic mass is 35.5. The van der Waals surface area contributed by atoms with E-state index in [0.29, 0.717) is 11.4 Å². The van der Waals surface area contributed by atoms with Crippen LogP contribution in [-0.2, 0) is 11.2 Å². The maximum Gasteiger partial charge on any atom is 0.157 e. The molecule has 0 aliphatic heterocycles. The predicted molar refractivity (Wildman–Crippen MR) is 72.5 cm³/mol. The van der Waals surface area contributed by atoms with Crippen molar-refractivity contribution < 1.29 is 4.79 Å². The number of hydrogen-bond acceptors (Lipinski definition) is 2. The van der Waals surface area contributed by atoms with E-state index in [9.17, 15) is 4.79 Å². The Morgan fingerprint density at radius 3 is 2.24 bits per heavy atom. The fourth-order valence-electron chi connectivity index (χ4n) is 1.74. The van der Waals surface area contributed by atoms with E-state index >= 15 is 0 Å². The van der Waals surface area contributed by atoms with Crippen LogP contribution in [0.4, 0.5) is 0 Å². The molecule has 0 saturated carbocycles. The van der Waals surface area contributed by atoms with E-state index in [4.69, 9.17) is 11.6 Å². The van der Waals surface area contributed by atoms with Crippen LogP contribution in [0.3, 0.4) is 0 Å². The van der Waals surface area contributed by atoms with Crippen molar-refractivity contribution in [1.82, 2.24) is 4.90 Å². The van der Waals surface area contributed by atoms with Crippen LogP contribution in [0.5, 0.6) is 0 Å². The first-order chi connectivity index (χ1) is 7.90. The first kappa shape index (κ1) is 14.2. The predicted octanol–water partition coefficient (Wildman–Crippen LogP) is 3.18. The van der Waals surface area contributed by atoms with E-state index in [1.54, 1.807) is 0 Å². The van der Waals surface area contributed by atoms with E-state index in [-0.39, 0.29) is 11.3 Å². The lowest BCUT2D eigenvalue weighted by atomic mass is 9.88. The van der Waals surface area contributed by atoms with E-state index in [1.165, 1.54) is 0 Å². The number of Topliss-reactive ketones (excluding diaryl/α,β-unsaturated/α-hetero) is 1. The third kappa shape index (κ3) is 3.30. The number of likely N-dealkylation sites (N-methyl/N-ethyl adjacent to an activating group) is 1. The number of ketones is 1. The van der Waals surface area contributed by atoms with Gasteiger partial charge in [-0.05, 0) is 45.1 Å². The second-order valence-electron chi connectivity index (χ2n) is 4.75. The summed E-state index contributed by atoms with van der Waals surface area (Å²) in [6.07, 6.45) is 1.27. The minimum atomic E-state index is -0.389. The molecule has 94 valence electrons. The molecule has 3 heteroatoms. The van der Waals surface area contributed by atoms with Crippen molar-refractivity contribution in [3.63, 3.8) is 0 Å². The van der Waals surface area contributed by atoms with Crippen molar-refractivity contribution in [2.75, 3.05) is 14.1 Å². The van der Waals surface area contributed by atoms with Gasteiger partial charge in [0.1, 0.15) is 0 Å². The van der Waals surface area contributed by atoms with Crippen LogP contribution in [0, 0.1) is 0 Å². The summed E-state index contributed by atoms with van der Waals surface area (Å²) in [4.78, 5) is 14.3. The van der Waals surface area contributed by atoms with Gasteiger partial charge in [-0.1, -0.05) is 30.7 Å². The molecule has 0 fully saturated rings. The molecule has 0 aliphatic carbocycles. The molecule has 0 spiro atoms. The van der Waals surface area contributed by atoms with Crippen LogP contribution in [-0.4, -0.2) is 30.3 Å². The zero-order valence-corrected chi connectivity index (χ0v) is 11.7. The second kappa shape index (κ2) is 5.65. The van der Waals surface area contributed by atoms with Gasteiger partial charge in [0.05, 0.1) is 5.54 Å². The van der Waals surface area contributed by atoms with Gasteiger partial charge < -0.3 is 0 Å². The summed E-state index contributed by atoms with van der Waals surface area (Å²) in [5.74, 6) is 0.243. The van der Waals surface area contributed by atoms with Gasteiger partial charge in [0.25, 0.3) is 0 Å². The maximum atomic E-state index is 12.3. The van der Waals surface area contributed by atoms with Crippen molar-refractivity contribution in [2.24, 2.45) is 0 Å². The van der Waals surface area contributed by atoms with E-state index < -0.39 is 0 Å². The summed E-state index contributed by atoms with van der Waals surface area (Å²) in [7, 11) is 3.90. The summed E-state index contributed by atoms with van der Waals surface area (Å²) >= 11 is 5.82. The summed E-state index contributed by atoms with van der Waals surface area (Å²) in [5.41, 5.74) is 0.625. The minimum absolute atomic E-state index is 0.243. The second-order valence-corrected chi connectivity index (χ2v) is 5.18. The Morgan fingerprint density at radius 1 is 1.29 bits per heavy atom. The Morgan fingerprint density at radius 2 is 1.82 bits per heavy atom. The average molecular weight is 254 g/mol. The van der Waals surface area contributed by atoms with Crippen LogP contribution in [0.1, 0.15) is 25.8 Å². The van der Waals surface area contributed by atoms with E-state index in [1.807, 2.05) is 57.1 Å². The highest BCUT2D eigenvalue weighted by Crippen LogP contribution is 2.20. The molecule has 1 atom stereocenters. The van der Waals surface area contributed by atoms with Crippen molar-refractivity contribution in [1.29, 1.82) is 0 Å². The van der Waals surface area contributed by atoms with Gasteiger partial charge in [0, 0.05) is 11.4 Å². The first-order valence-corrected chi connectivity index (χ1v) is 6.23. The molecule has 0 radical (unpaired) electrons. The monoisotopic (exact) mass is 253 g/mol. The molecule has 0 aromatic heterocycles. The molecule has 1 rings (SSSR count). The molecular weight excluding hydrogens is 234 g/mol. The molecule has 1 aromatic rings. The summed E-state index contributed by atoms with van der Waals surface area (Å²) in [6.45, 7) is 4.03. The number of rotatable bonds is 5. The third-order valence-electron chi connectivity index (χ3n) is 3.55. The Bertz CT molecular complexity index is 386. The number of halogens is 1. The summed E-state index contributed by atoms with van der Waals surface area (Å²) in [5, 5.41) is 0.701. The molecule has 0 aliphatic rings. The van der Waals surface area contributed by atoms with Gasteiger partial charge in [-0.25, -0.2) is 0 Å². The Labute approximate surface area is 109 Å². The van der Waals surface area contributed by atoms with Gasteiger partial charge in [0.15, 0.2) is 5.78 Å². The van der Waals surface area contributed by atoms with Crippen LogP contribution in [0.2, 0.25) is 5.02 Å². The molecule has 0 amide bonds. The van der Waals surface area contributed by atoms with Crippen LogP contribution in [0.25, 0.3) is 0 Å². The standard InChI is InChI=1S/C14H20ClNO/c1-5-14(2,16(3)4)13(17)10-11-6-8-12(15)9-7-11/h6-9H,5,10H2,1-4H3. The topological polar surface area (TPSA) is 20.3 Å². The van der Waals surface area contributed by atoms with E-state index in [2.05, 4.69) is 0 Å². The van der Waals surface area contributed by atoms with Crippen molar-refractivity contribution in [3.05, 3.63) is 34.9 Å². The van der Waals surface area contributed by atoms with Crippen LogP contribution < -0.4 is 0 Å². The lowest BCUT2D eigenvalue weighted by molar-refractivity contribution is -0.128. The summed E-state index contributed by atoms with van der Waals surface area (Å²) < 4.78 is 0. The van der Waals surface area contributed by atoms with Gasteiger partial charge in [-0.3, -0.25) is 9.69 Å². The van der Waals surface area contributed by atoms with Gasteiger partial charge >= 0.3 is 0 Å². The van der Waals surface area contributed by atoms with Crippen molar-refractivity contribution >= 4 is 17.4 Å². The summed E-state index contributed by atoms with van der Waals surface area (Å²) in [6, 6.07) is 7.46. The molecule has 0 heterocycles. The van der Waals surface area contributed by atoms with Crippen LogP contribution in [0.15, 0.2) is 24.3 Å². The first-order valence-electron chi connectivity index (χ1n) is 5.85. The number of benzene rings is 1. The fourth-order valence-corrected chi connectivity index (χ4v) is 1.87. The Balaban J connectivity index is 2.81.